The van der Waals surface area contributed by atoms with Gasteiger partial charge >= 0.3 is 0 Å². The number of carbonyl (C=O) groups is 1. The van der Waals surface area contributed by atoms with Gasteiger partial charge in [-0.3, -0.25) is 9.10 Å². The molecule has 8 heteroatoms. The standard InChI is InChI=1S/C26H29ClN2O4S/c1-19(2)16-25(20-8-5-4-6-9-20)28-26(30)18-29(22-11-7-10-21(27)17-22)34(31,32)24-14-12-23(33-3)13-15-24/h4-15,17,19,25H,16,18H2,1-3H3,(H,28,30)/t25-/m1/s1. The third-order valence-electron chi connectivity index (χ3n) is 5.28. The van der Waals surface area contributed by atoms with E-state index in [2.05, 4.69) is 19.2 Å². The van der Waals surface area contributed by atoms with E-state index in [1.54, 1.807) is 30.3 Å². The molecule has 180 valence electrons. The number of methoxy groups -OCH3 is 1. The molecule has 3 aromatic carbocycles. The van der Waals surface area contributed by atoms with Crippen molar-refractivity contribution in [2.24, 2.45) is 5.92 Å². The highest BCUT2D eigenvalue weighted by molar-refractivity contribution is 7.92. The Morgan fingerprint density at radius 2 is 1.68 bits per heavy atom. The predicted octanol–water partition coefficient (Wildman–Crippen LogP) is 5.45. The number of hydrogen-bond donors (Lipinski definition) is 1. The lowest BCUT2D eigenvalue weighted by Gasteiger charge is -2.26. The largest absolute Gasteiger partial charge is 0.497 e. The molecule has 1 atom stereocenters. The molecule has 0 aliphatic heterocycles. The van der Waals surface area contributed by atoms with E-state index < -0.39 is 22.5 Å². The highest BCUT2D eigenvalue weighted by Crippen LogP contribution is 2.28. The van der Waals surface area contributed by atoms with Gasteiger partial charge in [0.15, 0.2) is 0 Å². The van der Waals surface area contributed by atoms with Crippen molar-refractivity contribution in [2.45, 2.75) is 31.2 Å². The Bertz CT molecular complexity index is 1200. The first-order chi connectivity index (χ1) is 16.2. The van der Waals surface area contributed by atoms with Crippen LogP contribution >= 0.6 is 11.6 Å². The number of anilines is 1. The molecule has 0 aliphatic carbocycles. The number of halogens is 1. The molecule has 0 fully saturated rings. The average molecular weight is 501 g/mol. The SMILES string of the molecule is COc1ccc(S(=O)(=O)N(CC(=O)N[C@H](CC(C)C)c2ccccc2)c2cccc(Cl)c2)cc1. The summed E-state index contributed by atoms with van der Waals surface area (Å²) < 4.78 is 33.4. The van der Waals surface area contributed by atoms with Crippen molar-refractivity contribution >= 4 is 33.2 Å². The van der Waals surface area contributed by atoms with E-state index in [9.17, 15) is 13.2 Å². The van der Waals surface area contributed by atoms with Crippen molar-refractivity contribution in [2.75, 3.05) is 18.0 Å². The first-order valence-corrected chi connectivity index (χ1v) is 12.8. The zero-order valence-electron chi connectivity index (χ0n) is 19.4. The van der Waals surface area contributed by atoms with Crippen LogP contribution in [0.5, 0.6) is 5.75 Å². The summed E-state index contributed by atoms with van der Waals surface area (Å²) in [5.74, 6) is 0.453. The van der Waals surface area contributed by atoms with Crippen molar-refractivity contribution in [1.82, 2.24) is 5.32 Å². The molecule has 0 saturated heterocycles. The molecule has 0 radical (unpaired) electrons. The zero-order chi connectivity index (χ0) is 24.7. The fraction of sp³-hybridized carbons (Fsp3) is 0.269. The van der Waals surface area contributed by atoms with Gasteiger partial charge in [0.2, 0.25) is 5.91 Å². The highest BCUT2D eigenvalue weighted by atomic mass is 35.5. The molecular weight excluding hydrogens is 472 g/mol. The number of nitrogens with one attached hydrogen (secondary N) is 1. The molecule has 0 aliphatic rings. The van der Waals surface area contributed by atoms with Crippen LogP contribution in [0, 0.1) is 5.92 Å². The zero-order valence-corrected chi connectivity index (χ0v) is 21.0. The number of benzene rings is 3. The summed E-state index contributed by atoms with van der Waals surface area (Å²) in [6.45, 7) is 3.76. The van der Waals surface area contributed by atoms with Gasteiger partial charge in [-0.15, -0.1) is 0 Å². The summed E-state index contributed by atoms with van der Waals surface area (Å²) >= 11 is 6.14. The van der Waals surface area contributed by atoms with Crippen LogP contribution in [-0.2, 0) is 14.8 Å². The number of rotatable bonds is 10. The summed E-state index contributed by atoms with van der Waals surface area (Å²) in [5, 5.41) is 3.39. The minimum Gasteiger partial charge on any atom is -0.497 e. The Morgan fingerprint density at radius 1 is 1.00 bits per heavy atom. The molecule has 0 aromatic heterocycles. The Balaban J connectivity index is 1.92. The van der Waals surface area contributed by atoms with Crippen molar-refractivity contribution in [1.29, 1.82) is 0 Å². The smallest absolute Gasteiger partial charge is 0.264 e. The topological polar surface area (TPSA) is 75.7 Å². The summed E-state index contributed by atoms with van der Waals surface area (Å²) in [6.07, 6.45) is 0.720. The predicted molar refractivity (Wildman–Crippen MR) is 136 cm³/mol. The van der Waals surface area contributed by atoms with E-state index in [1.165, 1.54) is 25.3 Å². The maximum absolute atomic E-state index is 13.6. The molecule has 3 aromatic rings. The van der Waals surface area contributed by atoms with Crippen LogP contribution in [0.4, 0.5) is 5.69 Å². The Morgan fingerprint density at radius 3 is 2.26 bits per heavy atom. The van der Waals surface area contributed by atoms with E-state index in [-0.39, 0.29) is 10.9 Å². The monoisotopic (exact) mass is 500 g/mol. The van der Waals surface area contributed by atoms with E-state index in [1.807, 2.05) is 30.3 Å². The summed E-state index contributed by atoms with van der Waals surface area (Å²) in [6, 6.07) is 21.9. The summed E-state index contributed by atoms with van der Waals surface area (Å²) in [4.78, 5) is 13.2. The Kier molecular flexibility index (Phi) is 8.58. The lowest BCUT2D eigenvalue weighted by molar-refractivity contribution is -0.120. The van der Waals surface area contributed by atoms with Crippen molar-refractivity contribution < 1.29 is 17.9 Å². The number of carbonyl (C=O) groups excluding carboxylic acids is 1. The second-order valence-electron chi connectivity index (χ2n) is 8.33. The highest BCUT2D eigenvalue weighted by Gasteiger charge is 2.28. The number of ether oxygens (including phenoxy) is 1. The maximum Gasteiger partial charge on any atom is 0.264 e. The van der Waals surface area contributed by atoms with Gasteiger partial charge in [0, 0.05) is 5.02 Å². The number of hydrogen-bond acceptors (Lipinski definition) is 4. The third kappa shape index (κ3) is 6.52. The molecule has 0 bridgehead atoms. The van der Waals surface area contributed by atoms with E-state index in [4.69, 9.17) is 16.3 Å². The van der Waals surface area contributed by atoms with Gasteiger partial charge in [0.25, 0.3) is 10.0 Å². The van der Waals surface area contributed by atoms with Crippen LogP contribution in [0.1, 0.15) is 31.9 Å². The number of amides is 1. The van der Waals surface area contributed by atoms with Gasteiger partial charge in [0.05, 0.1) is 23.7 Å². The van der Waals surface area contributed by atoms with Gasteiger partial charge in [-0.1, -0.05) is 61.8 Å². The van der Waals surface area contributed by atoms with Crippen LogP contribution in [0.3, 0.4) is 0 Å². The molecule has 0 heterocycles. The van der Waals surface area contributed by atoms with E-state index in [0.29, 0.717) is 22.4 Å². The first-order valence-electron chi connectivity index (χ1n) is 11.0. The molecule has 0 saturated carbocycles. The second-order valence-corrected chi connectivity index (χ2v) is 10.6. The van der Waals surface area contributed by atoms with Gasteiger partial charge in [-0.05, 0) is 60.4 Å². The number of sulfonamides is 1. The van der Waals surface area contributed by atoms with Crippen molar-refractivity contribution in [3.63, 3.8) is 0 Å². The molecule has 0 spiro atoms. The third-order valence-corrected chi connectivity index (χ3v) is 7.30. The van der Waals surface area contributed by atoms with Gasteiger partial charge in [-0.25, -0.2) is 8.42 Å². The lowest BCUT2D eigenvalue weighted by atomic mass is 9.97. The van der Waals surface area contributed by atoms with Crippen LogP contribution < -0.4 is 14.4 Å². The molecular formula is C26H29ClN2O4S. The lowest BCUT2D eigenvalue weighted by Crippen LogP contribution is -2.42. The summed E-state index contributed by atoms with van der Waals surface area (Å²) in [7, 11) is -2.55. The van der Waals surface area contributed by atoms with Crippen LogP contribution in [0.2, 0.25) is 5.02 Å². The average Bonchev–Trinajstić information content (AvgIpc) is 2.82. The fourth-order valence-corrected chi connectivity index (χ4v) is 5.22. The fourth-order valence-electron chi connectivity index (χ4n) is 3.63. The normalized spacial score (nSPS) is 12.3. The van der Waals surface area contributed by atoms with Gasteiger partial charge in [-0.2, -0.15) is 0 Å². The Labute approximate surface area is 206 Å². The maximum atomic E-state index is 13.6. The van der Waals surface area contributed by atoms with E-state index >= 15 is 0 Å². The minimum absolute atomic E-state index is 0.0443. The van der Waals surface area contributed by atoms with E-state index in [0.717, 1.165) is 16.3 Å². The van der Waals surface area contributed by atoms with Gasteiger partial charge in [0.1, 0.15) is 12.3 Å². The number of nitrogens with zero attached hydrogens (tertiary/aromatic N) is 1. The molecule has 1 amide bonds. The molecule has 3 rings (SSSR count). The van der Waals surface area contributed by atoms with Gasteiger partial charge < -0.3 is 10.1 Å². The molecule has 1 N–H and O–H groups in total. The second kappa shape index (κ2) is 11.4. The van der Waals surface area contributed by atoms with Crippen LogP contribution in [0.25, 0.3) is 0 Å². The quantitative estimate of drug-likeness (QED) is 0.401. The van der Waals surface area contributed by atoms with Crippen molar-refractivity contribution in [3.05, 3.63) is 89.4 Å². The Hall–Kier alpha value is -3.03. The molecule has 0 unspecified atom stereocenters. The molecule has 6 nitrogen and oxygen atoms in total. The van der Waals surface area contributed by atoms with Crippen LogP contribution in [0.15, 0.2) is 83.8 Å². The van der Waals surface area contributed by atoms with Crippen LogP contribution in [-0.4, -0.2) is 28.0 Å². The summed E-state index contributed by atoms with van der Waals surface area (Å²) in [5.41, 5.74) is 1.27. The first kappa shape index (κ1) is 25.6. The molecule has 34 heavy (non-hydrogen) atoms. The van der Waals surface area contributed by atoms with Crippen molar-refractivity contribution in [3.8, 4) is 5.75 Å². The minimum atomic E-state index is -4.06.